The fourth-order valence-electron chi connectivity index (χ4n) is 2.90. The van der Waals surface area contributed by atoms with Gasteiger partial charge in [-0.15, -0.1) is 0 Å². The number of carbonyl (C=O) groups is 2. The van der Waals surface area contributed by atoms with Crippen LogP contribution in [0.25, 0.3) is 0 Å². The molecule has 6 nitrogen and oxygen atoms in total. The van der Waals surface area contributed by atoms with Crippen molar-refractivity contribution in [1.82, 2.24) is 20.0 Å². The zero-order valence-electron chi connectivity index (χ0n) is 14.7. The molecule has 1 N–H and O–H groups in total. The van der Waals surface area contributed by atoms with Gasteiger partial charge in [0.25, 0.3) is 11.8 Å². The first-order valence-electron chi connectivity index (χ1n) is 8.80. The average Bonchev–Trinajstić information content (AvgIpc) is 2.99. The predicted molar refractivity (Wildman–Crippen MR) is 95.2 cm³/mol. The number of nitrogens with zero attached hydrogens (tertiary/aromatic N) is 3. The van der Waals surface area contributed by atoms with Crippen LogP contribution in [0, 0.1) is 0 Å². The van der Waals surface area contributed by atoms with E-state index in [0.717, 1.165) is 18.4 Å². The van der Waals surface area contributed by atoms with Crippen LogP contribution in [-0.2, 0) is 13.1 Å². The van der Waals surface area contributed by atoms with E-state index in [0.29, 0.717) is 31.0 Å². The summed E-state index contributed by atoms with van der Waals surface area (Å²) in [7, 11) is 0. The summed E-state index contributed by atoms with van der Waals surface area (Å²) in [4.78, 5) is 27.0. The Balaban J connectivity index is 1.79. The number of aromatic nitrogens is 2. The van der Waals surface area contributed by atoms with E-state index in [1.165, 1.54) is 0 Å². The van der Waals surface area contributed by atoms with Crippen molar-refractivity contribution in [1.29, 1.82) is 0 Å². The summed E-state index contributed by atoms with van der Waals surface area (Å²) in [6.07, 6.45) is 1.67. The Morgan fingerprint density at radius 3 is 2.76 bits per heavy atom. The SMILES string of the molecule is CCC(C)NC(=O)c1cc2n(n1)CCCN(Cc1ccccc1)C2=O. The molecule has 25 heavy (non-hydrogen) atoms. The Labute approximate surface area is 147 Å². The van der Waals surface area contributed by atoms with Gasteiger partial charge in [0.05, 0.1) is 0 Å². The fraction of sp³-hybridized carbons (Fsp3) is 0.421. The van der Waals surface area contributed by atoms with E-state index < -0.39 is 0 Å². The Kier molecular flexibility index (Phi) is 5.16. The minimum Gasteiger partial charge on any atom is -0.348 e. The Bertz CT molecular complexity index is 754. The Hall–Kier alpha value is -2.63. The minimum absolute atomic E-state index is 0.0727. The van der Waals surface area contributed by atoms with Gasteiger partial charge in [0.2, 0.25) is 0 Å². The van der Waals surface area contributed by atoms with Gasteiger partial charge in [-0.2, -0.15) is 5.10 Å². The molecule has 1 aromatic carbocycles. The summed E-state index contributed by atoms with van der Waals surface area (Å²) in [5, 5.41) is 7.24. The number of aryl methyl sites for hydroxylation is 1. The number of amides is 2. The first-order valence-corrected chi connectivity index (χ1v) is 8.80. The standard InChI is InChI=1S/C19H24N4O2/c1-3-14(2)20-18(24)16-12-17-19(25)22(10-7-11-23(17)21-16)13-15-8-5-4-6-9-15/h4-6,8-9,12,14H,3,7,10-11,13H2,1-2H3,(H,20,24). The van der Waals surface area contributed by atoms with Crippen LogP contribution in [0.4, 0.5) is 0 Å². The molecule has 0 saturated heterocycles. The molecule has 0 radical (unpaired) electrons. The summed E-state index contributed by atoms with van der Waals surface area (Å²) in [6.45, 7) is 5.86. The van der Waals surface area contributed by atoms with Crippen LogP contribution in [-0.4, -0.2) is 39.1 Å². The van der Waals surface area contributed by atoms with Crippen LogP contribution in [0.2, 0.25) is 0 Å². The first kappa shape index (κ1) is 17.2. The molecule has 2 aromatic rings. The lowest BCUT2D eigenvalue weighted by atomic mass is 10.2. The quantitative estimate of drug-likeness (QED) is 0.909. The van der Waals surface area contributed by atoms with Crippen molar-refractivity contribution in [3.8, 4) is 0 Å². The van der Waals surface area contributed by atoms with Gasteiger partial charge >= 0.3 is 0 Å². The van der Waals surface area contributed by atoms with E-state index in [2.05, 4.69) is 10.4 Å². The summed E-state index contributed by atoms with van der Waals surface area (Å²) >= 11 is 0. The lowest BCUT2D eigenvalue weighted by Gasteiger charge is -2.20. The number of nitrogens with one attached hydrogen (secondary N) is 1. The van der Waals surface area contributed by atoms with Gasteiger partial charge in [0.1, 0.15) is 5.69 Å². The summed E-state index contributed by atoms with van der Waals surface area (Å²) in [6, 6.07) is 11.6. The number of hydrogen-bond acceptors (Lipinski definition) is 3. The highest BCUT2D eigenvalue weighted by atomic mass is 16.2. The molecule has 2 heterocycles. The zero-order chi connectivity index (χ0) is 17.8. The molecule has 0 saturated carbocycles. The molecule has 6 heteroatoms. The second-order valence-corrected chi connectivity index (χ2v) is 6.49. The van der Waals surface area contributed by atoms with E-state index >= 15 is 0 Å². The molecule has 2 amide bonds. The highest BCUT2D eigenvalue weighted by Crippen LogP contribution is 2.16. The van der Waals surface area contributed by atoms with E-state index in [4.69, 9.17) is 0 Å². The Morgan fingerprint density at radius 2 is 2.04 bits per heavy atom. The highest BCUT2D eigenvalue weighted by molar-refractivity contribution is 5.98. The monoisotopic (exact) mass is 340 g/mol. The molecular weight excluding hydrogens is 316 g/mol. The lowest BCUT2D eigenvalue weighted by Crippen LogP contribution is -2.32. The molecule has 1 unspecified atom stereocenters. The molecule has 1 aromatic heterocycles. The minimum atomic E-state index is -0.225. The van der Waals surface area contributed by atoms with Crippen molar-refractivity contribution in [3.63, 3.8) is 0 Å². The predicted octanol–water partition coefficient (Wildman–Crippen LogP) is 2.46. The lowest BCUT2D eigenvalue weighted by molar-refractivity contribution is 0.0745. The van der Waals surface area contributed by atoms with Crippen LogP contribution >= 0.6 is 0 Å². The normalized spacial score (nSPS) is 15.4. The van der Waals surface area contributed by atoms with E-state index in [1.807, 2.05) is 49.1 Å². The van der Waals surface area contributed by atoms with Crippen LogP contribution in [0.15, 0.2) is 36.4 Å². The van der Waals surface area contributed by atoms with Crippen LogP contribution < -0.4 is 5.32 Å². The van der Waals surface area contributed by atoms with Gasteiger partial charge < -0.3 is 10.2 Å². The number of carbonyl (C=O) groups excluding carboxylic acids is 2. The molecule has 1 atom stereocenters. The average molecular weight is 340 g/mol. The van der Waals surface area contributed by atoms with Crippen molar-refractivity contribution in [2.24, 2.45) is 0 Å². The largest absolute Gasteiger partial charge is 0.348 e. The summed E-state index contributed by atoms with van der Waals surface area (Å²) in [5.41, 5.74) is 1.89. The Morgan fingerprint density at radius 1 is 1.28 bits per heavy atom. The van der Waals surface area contributed by atoms with Crippen LogP contribution in [0.3, 0.4) is 0 Å². The second-order valence-electron chi connectivity index (χ2n) is 6.49. The first-order chi connectivity index (χ1) is 12.1. The fourth-order valence-corrected chi connectivity index (χ4v) is 2.90. The van der Waals surface area contributed by atoms with E-state index in [1.54, 1.807) is 10.7 Å². The number of hydrogen-bond donors (Lipinski definition) is 1. The maximum atomic E-state index is 12.9. The van der Waals surface area contributed by atoms with Crippen molar-refractivity contribution in [2.75, 3.05) is 6.54 Å². The molecule has 0 spiro atoms. The van der Waals surface area contributed by atoms with Crippen molar-refractivity contribution in [2.45, 2.75) is 45.8 Å². The molecule has 0 fully saturated rings. The van der Waals surface area contributed by atoms with Crippen molar-refractivity contribution >= 4 is 11.8 Å². The molecular formula is C19H24N4O2. The third kappa shape index (κ3) is 3.90. The van der Waals surface area contributed by atoms with E-state index in [-0.39, 0.29) is 17.9 Å². The molecule has 0 aliphatic carbocycles. The van der Waals surface area contributed by atoms with Crippen LogP contribution in [0.1, 0.15) is 53.2 Å². The molecule has 1 aliphatic heterocycles. The molecule has 132 valence electrons. The van der Waals surface area contributed by atoms with Gasteiger partial charge in [-0.1, -0.05) is 37.3 Å². The maximum absolute atomic E-state index is 12.9. The third-order valence-corrected chi connectivity index (χ3v) is 4.52. The summed E-state index contributed by atoms with van der Waals surface area (Å²) in [5.74, 6) is -0.297. The number of benzene rings is 1. The number of rotatable bonds is 5. The maximum Gasteiger partial charge on any atom is 0.272 e. The topological polar surface area (TPSA) is 67.2 Å². The van der Waals surface area contributed by atoms with Crippen molar-refractivity contribution < 1.29 is 9.59 Å². The van der Waals surface area contributed by atoms with Gasteiger partial charge in [-0.05, 0) is 25.3 Å². The van der Waals surface area contributed by atoms with Gasteiger partial charge in [-0.3, -0.25) is 14.3 Å². The van der Waals surface area contributed by atoms with Crippen molar-refractivity contribution in [3.05, 3.63) is 53.3 Å². The second kappa shape index (κ2) is 7.51. The van der Waals surface area contributed by atoms with Crippen LogP contribution in [0.5, 0.6) is 0 Å². The van der Waals surface area contributed by atoms with Gasteiger partial charge in [-0.25, -0.2) is 0 Å². The molecule has 3 rings (SSSR count). The molecule has 0 bridgehead atoms. The van der Waals surface area contributed by atoms with E-state index in [9.17, 15) is 9.59 Å². The van der Waals surface area contributed by atoms with Gasteiger partial charge in [0, 0.05) is 31.7 Å². The van der Waals surface area contributed by atoms with Gasteiger partial charge in [0.15, 0.2) is 5.69 Å². The smallest absolute Gasteiger partial charge is 0.272 e. The zero-order valence-corrected chi connectivity index (χ0v) is 14.7. The third-order valence-electron chi connectivity index (χ3n) is 4.52. The highest BCUT2D eigenvalue weighted by Gasteiger charge is 2.26. The molecule has 1 aliphatic rings. The summed E-state index contributed by atoms with van der Waals surface area (Å²) < 4.78 is 1.67. The number of fused-ring (bicyclic) bond motifs is 1.